The summed E-state index contributed by atoms with van der Waals surface area (Å²) in [4.78, 5) is 17.2. The molecule has 5 rings (SSSR count). The molecule has 35 heavy (non-hydrogen) atoms. The van der Waals surface area contributed by atoms with Crippen molar-refractivity contribution < 1.29 is 22.7 Å². The number of anilines is 2. The molecule has 0 aliphatic carbocycles. The van der Waals surface area contributed by atoms with Crippen molar-refractivity contribution in [2.45, 2.75) is 24.3 Å². The van der Waals surface area contributed by atoms with Crippen LogP contribution >= 0.6 is 0 Å². The third kappa shape index (κ3) is 4.78. The number of carbonyl (C=O) groups is 1. The molecule has 0 bridgehead atoms. The van der Waals surface area contributed by atoms with E-state index in [0.717, 1.165) is 17.5 Å². The second kappa shape index (κ2) is 9.30. The van der Waals surface area contributed by atoms with E-state index in [4.69, 9.17) is 9.47 Å². The minimum absolute atomic E-state index is 0.0699. The Kier molecular flexibility index (Phi) is 6.04. The molecule has 2 heterocycles. The first-order valence-electron chi connectivity index (χ1n) is 11.2. The summed E-state index contributed by atoms with van der Waals surface area (Å²) in [6.45, 7) is 2.78. The number of hydrogen-bond donors (Lipinski definition) is 2. The second-order valence-electron chi connectivity index (χ2n) is 8.15. The molecule has 1 amide bonds. The van der Waals surface area contributed by atoms with Crippen LogP contribution in [0.15, 0.2) is 78.0 Å². The number of para-hydroxylation sites is 2. The summed E-state index contributed by atoms with van der Waals surface area (Å²) in [5, 5.41) is 2.86. The summed E-state index contributed by atoms with van der Waals surface area (Å²) in [5.41, 5.74) is 2.60. The zero-order valence-electron chi connectivity index (χ0n) is 19.0. The molecule has 0 fully saturated rings. The molecule has 1 aromatic heterocycles. The van der Waals surface area contributed by atoms with Crippen LogP contribution in [0.25, 0.3) is 11.0 Å². The third-order valence-corrected chi connectivity index (χ3v) is 7.09. The molecule has 4 aromatic rings. The van der Waals surface area contributed by atoms with E-state index in [2.05, 4.69) is 15.0 Å². The lowest BCUT2D eigenvalue weighted by Gasteiger charge is -2.15. The van der Waals surface area contributed by atoms with E-state index < -0.39 is 16.1 Å². The highest BCUT2D eigenvalue weighted by Crippen LogP contribution is 2.32. The Bertz CT molecular complexity index is 1480. The Labute approximate surface area is 202 Å². The van der Waals surface area contributed by atoms with Crippen LogP contribution in [0.3, 0.4) is 0 Å². The number of nitrogens with zero attached hydrogens (tertiary/aromatic N) is 2. The van der Waals surface area contributed by atoms with Crippen LogP contribution in [0, 0.1) is 0 Å². The molecule has 2 N–H and O–H groups in total. The molecule has 1 atom stereocenters. The first-order valence-corrected chi connectivity index (χ1v) is 12.6. The molecule has 0 saturated carbocycles. The van der Waals surface area contributed by atoms with Crippen molar-refractivity contribution in [3.05, 3.63) is 73.1 Å². The highest BCUT2D eigenvalue weighted by molar-refractivity contribution is 7.92. The van der Waals surface area contributed by atoms with Gasteiger partial charge in [-0.15, -0.1) is 0 Å². The van der Waals surface area contributed by atoms with Gasteiger partial charge in [0.05, 0.1) is 35.5 Å². The van der Waals surface area contributed by atoms with Gasteiger partial charge in [-0.3, -0.25) is 9.52 Å². The molecule has 10 heteroatoms. The number of hydrogen-bond acceptors (Lipinski definition) is 6. The molecule has 1 aliphatic rings. The molecular formula is C25H24N4O5S. The van der Waals surface area contributed by atoms with Crippen molar-refractivity contribution in [1.29, 1.82) is 0 Å². The summed E-state index contributed by atoms with van der Waals surface area (Å²) >= 11 is 0. The molecule has 0 saturated heterocycles. The summed E-state index contributed by atoms with van der Waals surface area (Å²) in [6.07, 6.45) is 2.38. The van der Waals surface area contributed by atoms with Crippen LogP contribution in [0.5, 0.6) is 11.5 Å². The average Bonchev–Trinajstić information content (AvgIpc) is 3.14. The zero-order chi connectivity index (χ0) is 24.4. The number of carbonyl (C=O) groups excluding carboxylic acids is 1. The minimum atomic E-state index is -3.84. The van der Waals surface area contributed by atoms with Crippen LogP contribution in [0.2, 0.25) is 0 Å². The van der Waals surface area contributed by atoms with Gasteiger partial charge >= 0.3 is 0 Å². The fraction of sp³-hybridized carbons (Fsp3) is 0.200. The molecule has 0 spiro atoms. The van der Waals surface area contributed by atoms with E-state index >= 15 is 0 Å². The Balaban J connectivity index is 1.26. The lowest BCUT2D eigenvalue weighted by molar-refractivity contribution is -0.118. The standard InChI is InChI=1S/C25H24N4O5S/c1-17(29-16-26-21-5-2-3-6-22(21)29)25(30)27-18-7-9-19(10-8-18)28-35(31,32)20-11-12-23-24(15-20)34-14-4-13-33-23/h2-3,5-12,15-17,28H,4,13-14H2,1H3,(H,27,30). The van der Waals surface area contributed by atoms with Gasteiger partial charge < -0.3 is 19.4 Å². The zero-order valence-corrected chi connectivity index (χ0v) is 19.8. The number of amides is 1. The van der Waals surface area contributed by atoms with E-state index in [0.29, 0.717) is 36.1 Å². The number of rotatable bonds is 6. The predicted octanol–water partition coefficient (Wildman–Crippen LogP) is 4.20. The topological polar surface area (TPSA) is 112 Å². The number of sulfonamides is 1. The maximum absolute atomic E-state index is 12.9. The van der Waals surface area contributed by atoms with Gasteiger partial charge in [-0.2, -0.15) is 0 Å². The average molecular weight is 493 g/mol. The van der Waals surface area contributed by atoms with Gasteiger partial charge in [0.1, 0.15) is 6.04 Å². The van der Waals surface area contributed by atoms with E-state index in [1.165, 1.54) is 12.1 Å². The third-order valence-electron chi connectivity index (χ3n) is 5.71. The highest BCUT2D eigenvalue weighted by atomic mass is 32.2. The van der Waals surface area contributed by atoms with Crippen LogP contribution < -0.4 is 19.5 Å². The van der Waals surface area contributed by atoms with Crippen LogP contribution in [-0.4, -0.2) is 37.1 Å². The van der Waals surface area contributed by atoms with Gasteiger partial charge in [0.2, 0.25) is 5.91 Å². The molecule has 3 aromatic carbocycles. The normalized spacial score (nSPS) is 14.2. The monoisotopic (exact) mass is 492 g/mol. The lowest BCUT2D eigenvalue weighted by atomic mass is 10.2. The van der Waals surface area contributed by atoms with E-state index in [-0.39, 0.29) is 10.8 Å². The summed E-state index contributed by atoms with van der Waals surface area (Å²) < 4.78 is 41.3. The molecule has 9 nitrogen and oxygen atoms in total. The van der Waals surface area contributed by atoms with Crippen LogP contribution in [0.1, 0.15) is 19.4 Å². The summed E-state index contributed by atoms with van der Waals surface area (Å²) in [5.74, 6) is 0.719. The number of fused-ring (bicyclic) bond motifs is 2. The van der Waals surface area contributed by atoms with E-state index in [9.17, 15) is 13.2 Å². The Morgan fingerprint density at radius 2 is 1.69 bits per heavy atom. The van der Waals surface area contributed by atoms with Gasteiger partial charge in [-0.05, 0) is 55.5 Å². The van der Waals surface area contributed by atoms with Gasteiger partial charge in [0.25, 0.3) is 10.0 Å². The number of aromatic nitrogens is 2. The summed E-state index contributed by atoms with van der Waals surface area (Å²) in [7, 11) is -3.84. The van der Waals surface area contributed by atoms with Gasteiger partial charge in [-0.25, -0.2) is 13.4 Å². The molecule has 1 aliphatic heterocycles. The van der Waals surface area contributed by atoms with Gasteiger partial charge in [0, 0.05) is 23.9 Å². The molecule has 1 unspecified atom stereocenters. The maximum atomic E-state index is 12.9. The first-order chi connectivity index (χ1) is 16.9. The van der Waals surface area contributed by atoms with Crippen molar-refractivity contribution in [3.8, 4) is 11.5 Å². The van der Waals surface area contributed by atoms with Gasteiger partial charge in [0.15, 0.2) is 11.5 Å². The Morgan fingerprint density at radius 3 is 2.49 bits per heavy atom. The van der Waals surface area contributed by atoms with Crippen molar-refractivity contribution in [2.24, 2.45) is 0 Å². The van der Waals surface area contributed by atoms with Crippen LogP contribution in [-0.2, 0) is 14.8 Å². The largest absolute Gasteiger partial charge is 0.490 e. The fourth-order valence-corrected chi connectivity index (χ4v) is 4.88. The van der Waals surface area contributed by atoms with Crippen LogP contribution in [0.4, 0.5) is 11.4 Å². The van der Waals surface area contributed by atoms with Crippen molar-refractivity contribution in [3.63, 3.8) is 0 Å². The van der Waals surface area contributed by atoms with Crippen molar-refractivity contribution >= 4 is 38.3 Å². The van der Waals surface area contributed by atoms with Crippen molar-refractivity contribution in [1.82, 2.24) is 9.55 Å². The molecular weight excluding hydrogens is 468 g/mol. The number of benzene rings is 3. The van der Waals surface area contributed by atoms with E-state index in [1.54, 1.807) is 43.6 Å². The first kappa shape index (κ1) is 22.7. The number of ether oxygens (including phenoxy) is 2. The Morgan fingerprint density at radius 1 is 0.971 bits per heavy atom. The Hall–Kier alpha value is -4.05. The fourth-order valence-electron chi connectivity index (χ4n) is 3.81. The predicted molar refractivity (Wildman–Crippen MR) is 132 cm³/mol. The minimum Gasteiger partial charge on any atom is -0.490 e. The maximum Gasteiger partial charge on any atom is 0.262 e. The van der Waals surface area contributed by atoms with Crippen molar-refractivity contribution in [2.75, 3.05) is 23.3 Å². The number of nitrogens with one attached hydrogen (secondary N) is 2. The number of imidazole rings is 1. The smallest absolute Gasteiger partial charge is 0.262 e. The van der Waals surface area contributed by atoms with E-state index in [1.807, 2.05) is 28.8 Å². The lowest BCUT2D eigenvalue weighted by Crippen LogP contribution is -2.23. The second-order valence-corrected chi connectivity index (χ2v) is 9.83. The SMILES string of the molecule is CC(C(=O)Nc1ccc(NS(=O)(=O)c2ccc3c(c2)OCCCO3)cc1)n1cnc2ccccc21. The highest BCUT2D eigenvalue weighted by Gasteiger charge is 2.20. The summed E-state index contributed by atoms with van der Waals surface area (Å²) in [6, 6.07) is 18.1. The quantitative estimate of drug-likeness (QED) is 0.417. The molecule has 0 radical (unpaired) electrons. The van der Waals surface area contributed by atoms with Gasteiger partial charge in [-0.1, -0.05) is 12.1 Å². The molecule has 180 valence electrons.